The third-order valence-corrected chi connectivity index (χ3v) is 2.61. The number of hydrogen-bond acceptors (Lipinski definition) is 5. The molecule has 0 bridgehead atoms. The van der Waals surface area contributed by atoms with Gasteiger partial charge in [-0.2, -0.15) is 0 Å². The number of cyclic esters (lactones) is 2. The van der Waals surface area contributed by atoms with Crippen LogP contribution in [-0.2, 0) is 19.1 Å². The average Bonchev–Trinajstić information content (AvgIpc) is 2.40. The van der Waals surface area contributed by atoms with Gasteiger partial charge in [0.1, 0.15) is 17.9 Å². The predicted molar refractivity (Wildman–Crippen MR) is 75.0 cm³/mol. The smallest absolute Gasteiger partial charge is 0.348 e. The molecule has 1 aromatic rings. The van der Waals surface area contributed by atoms with E-state index in [1.54, 1.807) is 24.3 Å². The van der Waals surface area contributed by atoms with Crippen LogP contribution in [0.1, 0.15) is 19.4 Å². The van der Waals surface area contributed by atoms with E-state index in [-0.39, 0.29) is 12.2 Å². The molecule has 1 aromatic carbocycles. The highest BCUT2D eigenvalue weighted by Crippen LogP contribution is 2.25. The highest BCUT2D eigenvalue weighted by Gasteiger charge is 2.38. The molecule has 21 heavy (non-hydrogen) atoms. The van der Waals surface area contributed by atoms with Gasteiger partial charge < -0.3 is 14.2 Å². The number of ether oxygens (including phenoxy) is 3. The molecule has 0 aromatic heterocycles. The van der Waals surface area contributed by atoms with Crippen LogP contribution in [0.15, 0.2) is 29.8 Å². The van der Waals surface area contributed by atoms with Crippen LogP contribution in [0.5, 0.6) is 5.75 Å². The minimum atomic E-state index is -1.25. The number of benzene rings is 1. The zero-order valence-electron chi connectivity index (χ0n) is 11.7. The third-order valence-electron chi connectivity index (χ3n) is 2.61. The SMILES string of the molecule is C#CCOc1cccc(C=C2C(=O)OC(C)(C)OC2=O)c1. The van der Waals surface area contributed by atoms with Gasteiger partial charge in [0.15, 0.2) is 0 Å². The van der Waals surface area contributed by atoms with E-state index in [0.29, 0.717) is 11.3 Å². The van der Waals surface area contributed by atoms with Crippen molar-refractivity contribution in [3.63, 3.8) is 0 Å². The summed E-state index contributed by atoms with van der Waals surface area (Å²) in [5.74, 6) is 0.216. The molecule has 2 rings (SSSR count). The van der Waals surface area contributed by atoms with Crippen LogP contribution in [0.25, 0.3) is 6.08 Å². The normalized spacial score (nSPS) is 16.5. The molecule has 108 valence electrons. The summed E-state index contributed by atoms with van der Waals surface area (Å²) in [6, 6.07) is 6.82. The molecule has 1 heterocycles. The van der Waals surface area contributed by atoms with Gasteiger partial charge in [0.05, 0.1) is 0 Å². The van der Waals surface area contributed by atoms with Gasteiger partial charge in [-0.25, -0.2) is 9.59 Å². The van der Waals surface area contributed by atoms with Crippen molar-refractivity contribution in [1.29, 1.82) is 0 Å². The maximum absolute atomic E-state index is 11.8. The third kappa shape index (κ3) is 3.63. The molecule has 1 aliphatic heterocycles. The molecule has 5 nitrogen and oxygen atoms in total. The first kappa shape index (κ1) is 14.7. The molecular weight excluding hydrogens is 272 g/mol. The second-order valence-electron chi connectivity index (χ2n) is 4.80. The molecular formula is C16H14O5. The summed E-state index contributed by atoms with van der Waals surface area (Å²) in [5.41, 5.74) is 0.441. The predicted octanol–water partition coefficient (Wildman–Crippen LogP) is 1.92. The minimum absolute atomic E-state index is 0.137. The van der Waals surface area contributed by atoms with Crippen molar-refractivity contribution in [3.05, 3.63) is 35.4 Å². The van der Waals surface area contributed by atoms with E-state index >= 15 is 0 Å². The topological polar surface area (TPSA) is 61.8 Å². The van der Waals surface area contributed by atoms with Crippen LogP contribution in [0.2, 0.25) is 0 Å². The van der Waals surface area contributed by atoms with Crippen molar-refractivity contribution >= 4 is 18.0 Å². The summed E-state index contributed by atoms with van der Waals surface area (Å²) in [5, 5.41) is 0. The van der Waals surface area contributed by atoms with Crippen LogP contribution in [0, 0.1) is 12.3 Å². The first-order chi connectivity index (χ1) is 9.91. The fraction of sp³-hybridized carbons (Fsp3) is 0.250. The largest absolute Gasteiger partial charge is 0.481 e. The highest BCUT2D eigenvalue weighted by atomic mass is 16.7. The van der Waals surface area contributed by atoms with E-state index in [0.717, 1.165) is 0 Å². The van der Waals surface area contributed by atoms with Gasteiger partial charge in [0.25, 0.3) is 5.79 Å². The maximum Gasteiger partial charge on any atom is 0.348 e. The van der Waals surface area contributed by atoms with Crippen LogP contribution in [0.4, 0.5) is 0 Å². The van der Waals surface area contributed by atoms with E-state index in [9.17, 15) is 9.59 Å². The Hall–Kier alpha value is -2.74. The Bertz CT molecular complexity index is 627. The summed E-state index contributed by atoms with van der Waals surface area (Å²) >= 11 is 0. The van der Waals surface area contributed by atoms with Gasteiger partial charge in [0.2, 0.25) is 0 Å². The standard InChI is InChI=1S/C16H14O5/c1-4-8-19-12-7-5-6-11(9-12)10-13-14(17)20-16(2,3)21-15(13)18/h1,5-7,9-10H,8H2,2-3H3. The monoisotopic (exact) mass is 286 g/mol. The van der Waals surface area contributed by atoms with E-state index in [4.69, 9.17) is 20.6 Å². The molecule has 0 aliphatic carbocycles. The van der Waals surface area contributed by atoms with Crippen LogP contribution in [-0.4, -0.2) is 24.3 Å². The Morgan fingerprint density at radius 1 is 1.29 bits per heavy atom. The summed E-state index contributed by atoms with van der Waals surface area (Å²) < 4.78 is 15.3. The minimum Gasteiger partial charge on any atom is -0.481 e. The van der Waals surface area contributed by atoms with Gasteiger partial charge in [0, 0.05) is 13.8 Å². The molecule has 0 amide bonds. The van der Waals surface area contributed by atoms with Crippen molar-refractivity contribution in [2.24, 2.45) is 0 Å². The van der Waals surface area contributed by atoms with E-state index in [2.05, 4.69) is 5.92 Å². The second-order valence-corrected chi connectivity index (χ2v) is 4.80. The molecule has 0 saturated carbocycles. The Kier molecular flexibility index (Phi) is 3.99. The number of esters is 2. The lowest BCUT2D eigenvalue weighted by molar-refractivity contribution is -0.222. The van der Waals surface area contributed by atoms with E-state index < -0.39 is 17.7 Å². The molecule has 0 unspecified atom stereocenters. The molecule has 0 N–H and O–H groups in total. The Balaban J connectivity index is 2.25. The van der Waals surface area contributed by atoms with Gasteiger partial charge in [-0.15, -0.1) is 6.42 Å². The van der Waals surface area contributed by atoms with Crippen LogP contribution >= 0.6 is 0 Å². The summed E-state index contributed by atoms with van der Waals surface area (Å²) in [6.45, 7) is 3.13. The fourth-order valence-electron chi connectivity index (χ4n) is 1.76. The summed E-state index contributed by atoms with van der Waals surface area (Å²) in [7, 11) is 0. The Labute approximate surface area is 122 Å². The molecule has 0 spiro atoms. The van der Waals surface area contributed by atoms with Crippen molar-refractivity contribution < 1.29 is 23.8 Å². The fourth-order valence-corrected chi connectivity index (χ4v) is 1.76. The molecule has 1 fully saturated rings. The first-order valence-electron chi connectivity index (χ1n) is 6.26. The molecule has 0 radical (unpaired) electrons. The van der Waals surface area contributed by atoms with Gasteiger partial charge in [-0.1, -0.05) is 18.1 Å². The zero-order chi connectivity index (χ0) is 15.5. The quantitative estimate of drug-likeness (QED) is 0.368. The number of rotatable bonds is 3. The number of hydrogen-bond donors (Lipinski definition) is 0. The number of carbonyl (C=O) groups excluding carboxylic acids is 2. The second kappa shape index (κ2) is 5.71. The summed E-state index contributed by atoms with van der Waals surface area (Å²) in [6.07, 6.45) is 6.51. The van der Waals surface area contributed by atoms with Crippen molar-refractivity contribution in [3.8, 4) is 18.1 Å². The summed E-state index contributed by atoms with van der Waals surface area (Å²) in [4.78, 5) is 23.7. The van der Waals surface area contributed by atoms with Crippen molar-refractivity contribution in [2.45, 2.75) is 19.6 Å². The lowest BCUT2D eigenvalue weighted by atomic mass is 10.1. The van der Waals surface area contributed by atoms with Crippen molar-refractivity contribution in [2.75, 3.05) is 6.61 Å². The van der Waals surface area contributed by atoms with E-state index in [1.807, 2.05) is 0 Å². The molecule has 5 heteroatoms. The first-order valence-corrected chi connectivity index (χ1v) is 6.26. The van der Waals surface area contributed by atoms with Gasteiger partial charge >= 0.3 is 11.9 Å². The van der Waals surface area contributed by atoms with Gasteiger partial charge in [-0.3, -0.25) is 0 Å². The van der Waals surface area contributed by atoms with E-state index in [1.165, 1.54) is 19.9 Å². The van der Waals surface area contributed by atoms with Crippen LogP contribution in [0.3, 0.4) is 0 Å². The van der Waals surface area contributed by atoms with Crippen LogP contribution < -0.4 is 4.74 Å². The van der Waals surface area contributed by atoms with Crippen molar-refractivity contribution in [1.82, 2.24) is 0 Å². The highest BCUT2D eigenvalue weighted by molar-refractivity contribution is 6.18. The molecule has 1 saturated heterocycles. The zero-order valence-corrected chi connectivity index (χ0v) is 11.7. The molecule has 0 atom stereocenters. The number of terminal acetylenes is 1. The maximum atomic E-state index is 11.8. The lowest BCUT2D eigenvalue weighted by Gasteiger charge is -2.29. The molecule has 1 aliphatic rings. The van der Waals surface area contributed by atoms with Gasteiger partial charge in [-0.05, 0) is 23.8 Å². The lowest BCUT2D eigenvalue weighted by Crippen LogP contribution is -2.41. The average molecular weight is 286 g/mol. The Morgan fingerprint density at radius 2 is 1.95 bits per heavy atom. The Morgan fingerprint density at radius 3 is 2.57 bits per heavy atom. The number of carbonyl (C=O) groups is 2.